The molecule has 2 aliphatic rings. The van der Waals surface area contributed by atoms with Crippen LogP contribution >= 0.6 is 0 Å². The number of hydrogen-bond acceptors (Lipinski definition) is 2. The van der Waals surface area contributed by atoms with E-state index in [0.29, 0.717) is 5.91 Å². The predicted octanol–water partition coefficient (Wildman–Crippen LogP) is 2.80. The lowest BCUT2D eigenvalue weighted by atomic mass is 9.84. The number of amides is 1. The highest BCUT2D eigenvalue weighted by Crippen LogP contribution is 2.30. The summed E-state index contributed by atoms with van der Waals surface area (Å²) in [6.45, 7) is 9.73. The fraction of sp³-hybridized carbons (Fsp3) is 0.938. The van der Waals surface area contributed by atoms with Gasteiger partial charge in [0.15, 0.2) is 0 Å². The first-order valence-electron chi connectivity index (χ1n) is 8.13. The second-order valence-electron chi connectivity index (χ2n) is 6.74. The Morgan fingerprint density at radius 1 is 1.37 bits per heavy atom. The molecule has 0 saturated carbocycles. The van der Waals surface area contributed by atoms with E-state index < -0.39 is 0 Å². The van der Waals surface area contributed by atoms with Crippen molar-refractivity contribution >= 4 is 5.91 Å². The lowest BCUT2D eigenvalue weighted by Gasteiger charge is -2.39. The summed E-state index contributed by atoms with van der Waals surface area (Å²) in [4.78, 5) is 15.0. The van der Waals surface area contributed by atoms with Gasteiger partial charge in [-0.1, -0.05) is 27.2 Å². The average Bonchev–Trinajstić information content (AvgIpc) is 2.88. The Bertz CT molecular complexity index is 300. The van der Waals surface area contributed by atoms with Crippen molar-refractivity contribution < 1.29 is 4.79 Å². The van der Waals surface area contributed by atoms with Gasteiger partial charge in [0, 0.05) is 13.1 Å². The lowest BCUT2D eigenvalue weighted by molar-refractivity contribution is -0.139. The molecule has 2 rings (SSSR count). The zero-order valence-electron chi connectivity index (χ0n) is 12.9. The molecule has 0 aromatic heterocycles. The molecule has 0 bridgehead atoms. The van der Waals surface area contributed by atoms with Crippen molar-refractivity contribution in [3.05, 3.63) is 0 Å². The minimum absolute atomic E-state index is 0.223. The maximum atomic E-state index is 12.9. The van der Waals surface area contributed by atoms with E-state index in [0.717, 1.165) is 57.2 Å². The zero-order chi connectivity index (χ0) is 13.9. The summed E-state index contributed by atoms with van der Waals surface area (Å²) in [5.74, 6) is 1.95. The highest BCUT2D eigenvalue weighted by atomic mass is 16.2. The lowest BCUT2D eigenvalue weighted by Crippen LogP contribution is -2.56. The van der Waals surface area contributed by atoms with Crippen LogP contribution in [-0.2, 0) is 4.79 Å². The first-order chi connectivity index (χ1) is 9.09. The number of likely N-dealkylation sites (tertiary alicyclic amines) is 1. The van der Waals surface area contributed by atoms with Gasteiger partial charge >= 0.3 is 0 Å². The molecule has 1 unspecified atom stereocenters. The van der Waals surface area contributed by atoms with Gasteiger partial charge < -0.3 is 10.2 Å². The number of carbonyl (C=O) groups excluding carboxylic acids is 1. The molecule has 0 aromatic carbocycles. The third kappa shape index (κ3) is 3.13. The van der Waals surface area contributed by atoms with Gasteiger partial charge in [0.25, 0.3) is 0 Å². The second kappa shape index (κ2) is 6.25. The quantitative estimate of drug-likeness (QED) is 0.848. The van der Waals surface area contributed by atoms with Crippen molar-refractivity contribution in [2.75, 3.05) is 19.6 Å². The zero-order valence-corrected chi connectivity index (χ0v) is 12.9. The number of rotatable bonds is 4. The van der Waals surface area contributed by atoms with Crippen LogP contribution in [0, 0.1) is 11.8 Å². The van der Waals surface area contributed by atoms with Crippen molar-refractivity contribution in [2.24, 2.45) is 11.8 Å². The summed E-state index contributed by atoms with van der Waals surface area (Å²) in [6.07, 6.45) is 6.63. The third-order valence-electron chi connectivity index (χ3n) is 5.10. The van der Waals surface area contributed by atoms with Crippen LogP contribution in [0.3, 0.4) is 0 Å². The fourth-order valence-corrected chi connectivity index (χ4v) is 3.81. The molecule has 2 saturated heterocycles. The van der Waals surface area contributed by atoms with Crippen LogP contribution in [0.1, 0.15) is 59.3 Å². The molecular formula is C16H30N2O. The summed E-state index contributed by atoms with van der Waals surface area (Å²) in [5.41, 5.74) is -0.223. The molecular weight excluding hydrogens is 236 g/mol. The Kier molecular flexibility index (Phi) is 4.88. The molecule has 19 heavy (non-hydrogen) atoms. The SMILES string of the molecule is CCCC1(C(=O)N2CCC(C(C)C)CC2)CCCN1. The number of carbonyl (C=O) groups is 1. The second-order valence-corrected chi connectivity index (χ2v) is 6.74. The van der Waals surface area contributed by atoms with Gasteiger partial charge in [-0.05, 0) is 50.5 Å². The molecule has 1 atom stereocenters. The Morgan fingerprint density at radius 2 is 2.05 bits per heavy atom. The number of hydrogen-bond donors (Lipinski definition) is 1. The van der Waals surface area contributed by atoms with Gasteiger partial charge in [0.2, 0.25) is 5.91 Å². The van der Waals surface area contributed by atoms with Gasteiger partial charge in [-0.15, -0.1) is 0 Å². The first kappa shape index (κ1) is 14.8. The largest absolute Gasteiger partial charge is 0.341 e. The maximum absolute atomic E-state index is 12.9. The van der Waals surface area contributed by atoms with E-state index >= 15 is 0 Å². The summed E-state index contributed by atoms with van der Waals surface area (Å²) in [6, 6.07) is 0. The van der Waals surface area contributed by atoms with Gasteiger partial charge in [-0.3, -0.25) is 4.79 Å². The first-order valence-corrected chi connectivity index (χ1v) is 8.13. The molecule has 2 heterocycles. The van der Waals surface area contributed by atoms with E-state index in [1.807, 2.05) is 0 Å². The van der Waals surface area contributed by atoms with Gasteiger partial charge in [-0.25, -0.2) is 0 Å². The van der Waals surface area contributed by atoms with E-state index in [1.165, 1.54) is 12.8 Å². The normalized spacial score (nSPS) is 29.2. The van der Waals surface area contributed by atoms with Crippen molar-refractivity contribution in [1.29, 1.82) is 0 Å². The smallest absolute Gasteiger partial charge is 0.242 e. The van der Waals surface area contributed by atoms with E-state index in [4.69, 9.17) is 0 Å². The van der Waals surface area contributed by atoms with Gasteiger partial charge in [0.05, 0.1) is 5.54 Å². The van der Waals surface area contributed by atoms with Crippen LogP contribution in [-0.4, -0.2) is 36.0 Å². The summed E-state index contributed by atoms with van der Waals surface area (Å²) in [7, 11) is 0. The Morgan fingerprint density at radius 3 is 2.53 bits per heavy atom. The molecule has 0 aromatic rings. The molecule has 0 spiro atoms. The maximum Gasteiger partial charge on any atom is 0.242 e. The van der Waals surface area contributed by atoms with Crippen LogP contribution in [0.5, 0.6) is 0 Å². The Hall–Kier alpha value is -0.570. The summed E-state index contributed by atoms with van der Waals surface area (Å²) in [5, 5.41) is 3.51. The van der Waals surface area contributed by atoms with E-state index in [9.17, 15) is 4.79 Å². The Labute approximate surface area is 118 Å². The van der Waals surface area contributed by atoms with Crippen LogP contribution < -0.4 is 5.32 Å². The molecule has 0 aliphatic carbocycles. The van der Waals surface area contributed by atoms with Crippen molar-refractivity contribution in [3.63, 3.8) is 0 Å². The summed E-state index contributed by atoms with van der Waals surface area (Å²) >= 11 is 0. The van der Waals surface area contributed by atoms with Gasteiger partial charge in [-0.2, -0.15) is 0 Å². The fourth-order valence-electron chi connectivity index (χ4n) is 3.81. The van der Waals surface area contributed by atoms with Crippen molar-refractivity contribution in [2.45, 2.75) is 64.8 Å². The van der Waals surface area contributed by atoms with Crippen LogP contribution in [0.2, 0.25) is 0 Å². The average molecular weight is 266 g/mol. The van der Waals surface area contributed by atoms with Crippen molar-refractivity contribution in [3.8, 4) is 0 Å². The predicted molar refractivity (Wildman–Crippen MR) is 79.0 cm³/mol. The van der Waals surface area contributed by atoms with Gasteiger partial charge in [0.1, 0.15) is 0 Å². The number of nitrogens with zero attached hydrogens (tertiary/aromatic N) is 1. The molecule has 3 heteroatoms. The molecule has 110 valence electrons. The van der Waals surface area contributed by atoms with Crippen LogP contribution in [0.25, 0.3) is 0 Å². The highest BCUT2D eigenvalue weighted by molar-refractivity contribution is 5.86. The highest BCUT2D eigenvalue weighted by Gasteiger charge is 2.43. The van der Waals surface area contributed by atoms with E-state index in [2.05, 4.69) is 31.0 Å². The van der Waals surface area contributed by atoms with Crippen LogP contribution in [0.4, 0.5) is 0 Å². The standard InChI is InChI=1S/C16H30N2O/c1-4-8-16(9-5-10-17-16)15(19)18-11-6-14(7-12-18)13(2)3/h13-14,17H,4-12H2,1-3H3. The molecule has 0 radical (unpaired) electrons. The summed E-state index contributed by atoms with van der Waals surface area (Å²) < 4.78 is 0. The Balaban J connectivity index is 1.96. The van der Waals surface area contributed by atoms with Crippen molar-refractivity contribution in [1.82, 2.24) is 10.2 Å². The molecule has 1 N–H and O–H groups in total. The molecule has 1 amide bonds. The number of nitrogens with one attached hydrogen (secondary N) is 1. The van der Waals surface area contributed by atoms with E-state index in [-0.39, 0.29) is 5.54 Å². The third-order valence-corrected chi connectivity index (χ3v) is 5.10. The molecule has 3 nitrogen and oxygen atoms in total. The minimum atomic E-state index is -0.223. The monoisotopic (exact) mass is 266 g/mol. The minimum Gasteiger partial charge on any atom is -0.341 e. The molecule has 2 fully saturated rings. The topological polar surface area (TPSA) is 32.3 Å². The van der Waals surface area contributed by atoms with E-state index in [1.54, 1.807) is 0 Å². The van der Waals surface area contributed by atoms with Crippen LogP contribution in [0.15, 0.2) is 0 Å². The molecule has 2 aliphatic heterocycles. The number of piperidine rings is 1.